The number of ether oxygens (including phenoxy) is 1. The van der Waals surface area contributed by atoms with Gasteiger partial charge in [-0.1, -0.05) is 28.1 Å². The van der Waals surface area contributed by atoms with E-state index in [1.54, 1.807) is 13.8 Å². The van der Waals surface area contributed by atoms with Crippen LogP contribution in [0.4, 0.5) is 0 Å². The zero-order valence-electron chi connectivity index (χ0n) is 12.7. The monoisotopic (exact) mass is 364 g/mol. The summed E-state index contributed by atoms with van der Waals surface area (Å²) in [7, 11) is 0. The Balaban J connectivity index is 2.54. The number of rotatable bonds is 5. The Kier molecular flexibility index (Phi) is 5.19. The van der Waals surface area contributed by atoms with Crippen LogP contribution < -0.4 is 0 Å². The Morgan fingerprint density at radius 3 is 2.41 bits per heavy atom. The maximum Gasteiger partial charge on any atom is 0.313 e. The molecule has 0 N–H and O–H groups in total. The predicted octanol–water partition coefficient (Wildman–Crippen LogP) is 4.33. The highest BCUT2D eigenvalue weighted by atomic mass is 79.9. The summed E-state index contributed by atoms with van der Waals surface area (Å²) in [6.45, 7) is 5.29. The van der Waals surface area contributed by atoms with Crippen LogP contribution in [-0.4, -0.2) is 18.4 Å². The van der Waals surface area contributed by atoms with Crippen LogP contribution in [0.2, 0.25) is 0 Å². The Bertz CT molecular complexity index is 698. The summed E-state index contributed by atoms with van der Waals surface area (Å²) in [5.41, 5.74) is 2.02. The van der Waals surface area contributed by atoms with Crippen LogP contribution in [0.25, 0.3) is 11.1 Å². The highest BCUT2D eigenvalue weighted by Crippen LogP contribution is 2.34. The molecule has 0 atom stereocenters. The standard InChI is InChI=1S/C17H17BrO4/c1-4-21-15(20)9-14-17(12-5-7-13(18)8-6-12)16(10(2)19)11(3)22-14/h5-8H,4,9H2,1-3H3. The number of Topliss-reactive ketones (excluding diaryl/α,β-unsaturated/α-hetero) is 1. The lowest BCUT2D eigenvalue weighted by Gasteiger charge is -2.05. The molecule has 4 nitrogen and oxygen atoms in total. The zero-order chi connectivity index (χ0) is 16.3. The molecule has 22 heavy (non-hydrogen) atoms. The second-order valence-electron chi connectivity index (χ2n) is 4.88. The molecule has 0 fully saturated rings. The van der Waals surface area contributed by atoms with Crippen LogP contribution in [0.3, 0.4) is 0 Å². The van der Waals surface area contributed by atoms with Gasteiger partial charge in [-0.15, -0.1) is 0 Å². The van der Waals surface area contributed by atoms with Crippen molar-refractivity contribution in [3.05, 3.63) is 45.8 Å². The van der Waals surface area contributed by atoms with Gasteiger partial charge in [-0.05, 0) is 38.5 Å². The third kappa shape index (κ3) is 3.47. The maximum atomic E-state index is 12.0. The molecule has 0 aliphatic rings. The van der Waals surface area contributed by atoms with Crippen molar-refractivity contribution < 1.29 is 18.7 Å². The van der Waals surface area contributed by atoms with E-state index in [0.29, 0.717) is 29.3 Å². The molecule has 0 spiro atoms. The lowest BCUT2D eigenvalue weighted by Crippen LogP contribution is -2.08. The summed E-state index contributed by atoms with van der Waals surface area (Å²) < 4.78 is 11.6. The van der Waals surface area contributed by atoms with E-state index >= 15 is 0 Å². The fourth-order valence-electron chi connectivity index (χ4n) is 2.42. The molecular weight excluding hydrogens is 348 g/mol. The van der Waals surface area contributed by atoms with E-state index in [0.717, 1.165) is 10.0 Å². The van der Waals surface area contributed by atoms with Crippen LogP contribution in [-0.2, 0) is 16.0 Å². The highest BCUT2D eigenvalue weighted by Gasteiger charge is 2.24. The van der Waals surface area contributed by atoms with Gasteiger partial charge in [-0.3, -0.25) is 9.59 Å². The second-order valence-corrected chi connectivity index (χ2v) is 5.79. The maximum absolute atomic E-state index is 12.0. The number of hydrogen-bond acceptors (Lipinski definition) is 4. The van der Waals surface area contributed by atoms with Gasteiger partial charge in [0.2, 0.25) is 0 Å². The van der Waals surface area contributed by atoms with Gasteiger partial charge in [0.05, 0.1) is 12.2 Å². The number of aryl methyl sites for hydroxylation is 1. The van der Waals surface area contributed by atoms with Crippen molar-refractivity contribution in [3.63, 3.8) is 0 Å². The summed E-state index contributed by atoms with van der Waals surface area (Å²) >= 11 is 3.39. The summed E-state index contributed by atoms with van der Waals surface area (Å²) in [6.07, 6.45) is 0.00730. The minimum atomic E-state index is -0.371. The average Bonchev–Trinajstić information content (AvgIpc) is 2.76. The Morgan fingerprint density at radius 2 is 1.86 bits per heavy atom. The van der Waals surface area contributed by atoms with Crippen molar-refractivity contribution in [1.29, 1.82) is 0 Å². The second kappa shape index (κ2) is 6.92. The van der Waals surface area contributed by atoms with Crippen molar-refractivity contribution in [2.45, 2.75) is 27.2 Å². The van der Waals surface area contributed by atoms with Gasteiger partial charge in [0.15, 0.2) is 5.78 Å². The van der Waals surface area contributed by atoms with Gasteiger partial charge in [0, 0.05) is 10.0 Å². The highest BCUT2D eigenvalue weighted by molar-refractivity contribution is 9.10. The van der Waals surface area contributed by atoms with Crippen LogP contribution in [0.15, 0.2) is 33.2 Å². The third-order valence-electron chi connectivity index (χ3n) is 3.25. The van der Waals surface area contributed by atoms with Crippen molar-refractivity contribution in [2.75, 3.05) is 6.61 Å². The number of carbonyl (C=O) groups is 2. The minimum Gasteiger partial charge on any atom is -0.466 e. The lowest BCUT2D eigenvalue weighted by molar-refractivity contribution is -0.142. The number of hydrogen-bond donors (Lipinski definition) is 0. The van der Waals surface area contributed by atoms with Gasteiger partial charge in [-0.25, -0.2) is 0 Å². The fraction of sp³-hybridized carbons (Fsp3) is 0.294. The molecule has 116 valence electrons. The van der Waals surface area contributed by atoms with Crippen molar-refractivity contribution in [3.8, 4) is 11.1 Å². The molecule has 0 saturated carbocycles. The van der Waals surface area contributed by atoms with E-state index in [2.05, 4.69) is 15.9 Å². The predicted molar refractivity (Wildman–Crippen MR) is 86.9 cm³/mol. The number of furan rings is 1. The first-order chi connectivity index (χ1) is 10.4. The zero-order valence-corrected chi connectivity index (χ0v) is 14.3. The Morgan fingerprint density at radius 1 is 1.23 bits per heavy atom. The Labute approximate surface area is 137 Å². The van der Waals surface area contributed by atoms with E-state index < -0.39 is 0 Å². The molecule has 0 unspecified atom stereocenters. The molecule has 5 heteroatoms. The average molecular weight is 365 g/mol. The summed E-state index contributed by atoms with van der Waals surface area (Å²) in [6, 6.07) is 7.54. The topological polar surface area (TPSA) is 56.5 Å². The first kappa shape index (κ1) is 16.5. The van der Waals surface area contributed by atoms with E-state index in [1.165, 1.54) is 6.92 Å². The molecule has 1 aromatic carbocycles. The number of esters is 1. The van der Waals surface area contributed by atoms with Crippen LogP contribution in [0.5, 0.6) is 0 Å². The van der Waals surface area contributed by atoms with E-state index in [-0.39, 0.29) is 18.2 Å². The van der Waals surface area contributed by atoms with Gasteiger partial charge in [0.1, 0.15) is 17.9 Å². The largest absolute Gasteiger partial charge is 0.466 e. The summed E-state index contributed by atoms with van der Waals surface area (Å²) in [4.78, 5) is 23.7. The van der Waals surface area contributed by atoms with Crippen molar-refractivity contribution >= 4 is 27.7 Å². The molecule has 0 saturated heterocycles. The molecule has 1 heterocycles. The summed E-state index contributed by atoms with van der Waals surface area (Å²) in [5, 5.41) is 0. The SMILES string of the molecule is CCOC(=O)Cc1oc(C)c(C(C)=O)c1-c1ccc(Br)cc1. The van der Waals surface area contributed by atoms with Crippen LogP contribution >= 0.6 is 15.9 Å². The molecular formula is C17H17BrO4. The minimum absolute atomic E-state index is 0.00730. The number of ketones is 1. The molecule has 1 aromatic heterocycles. The van der Waals surface area contributed by atoms with Gasteiger partial charge < -0.3 is 9.15 Å². The number of carbonyl (C=O) groups excluding carboxylic acids is 2. The normalized spacial score (nSPS) is 10.5. The first-order valence-electron chi connectivity index (χ1n) is 6.98. The number of benzene rings is 1. The third-order valence-corrected chi connectivity index (χ3v) is 3.78. The van der Waals surface area contributed by atoms with Crippen LogP contribution in [0, 0.1) is 6.92 Å². The molecule has 2 aromatic rings. The summed E-state index contributed by atoms with van der Waals surface area (Å²) in [5.74, 6) is 0.521. The lowest BCUT2D eigenvalue weighted by atomic mass is 9.97. The fourth-order valence-corrected chi connectivity index (χ4v) is 2.68. The molecule has 0 aliphatic carbocycles. The molecule has 2 rings (SSSR count). The first-order valence-corrected chi connectivity index (χ1v) is 7.78. The molecule has 0 amide bonds. The van der Waals surface area contributed by atoms with Gasteiger partial charge in [-0.2, -0.15) is 0 Å². The molecule has 0 aliphatic heterocycles. The van der Waals surface area contributed by atoms with Crippen molar-refractivity contribution in [2.24, 2.45) is 0 Å². The van der Waals surface area contributed by atoms with Gasteiger partial charge >= 0.3 is 5.97 Å². The van der Waals surface area contributed by atoms with E-state index in [1.807, 2.05) is 24.3 Å². The van der Waals surface area contributed by atoms with Gasteiger partial charge in [0.25, 0.3) is 0 Å². The molecule has 0 radical (unpaired) electrons. The quantitative estimate of drug-likeness (QED) is 0.585. The number of halogens is 1. The van der Waals surface area contributed by atoms with Crippen LogP contribution in [0.1, 0.15) is 35.7 Å². The molecule has 0 bridgehead atoms. The Hall–Kier alpha value is -1.88. The smallest absolute Gasteiger partial charge is 0.313 e. The van der Waals surface area contributed by atoms with E-state index in [9.17, 15) is 9.59 Å². The van der Waals surface area contributed by atoms with Crippen molar-refractivity contribution in [1.82, 2.24) is 0 Å². The van der Waals surface area contributed by atoms with E-state index in [4.69, 9.17) is 9.15 Å².